The maximum absolute atomic E-state index is 10.7. The predicted molar refractivity (Wildman–Crippen MR) is 83.3 cm³/mol. The zero-order valence-electron chi connectivity index (χ0n) is 13.6. The summed E-state index contributed by atoms with van der Waals surface area (Å²) in [5, 5.41) is 47.6. The zero-order chi connectivity index (χ0) is 18.6. The normalized spacial score (nSPS) is 29.2. The van der Waals surface area contributed by atoms with Crippen molar-refractivity contribution in [2.45, 2.75) is 43.5 Å². The van der Waals surface area contributed by atoms with Crippen LogP contribution in [0.5, 0.6) is 11.5 Å². The van der Waals surface area contributed by atoms with Gasteiger partial charge in [-0.05, 0) is 24.1 Å². The van der Waals surface area contributed by atoms with Gasteiger partial charge in [-0.15, -0.1) is 0 Å². The number of ether oxygens (including phenoxy) is 3. The smallest absolute Gasteiger partial charge is 0.303 e. The lowest BCUT2D eigenvalue weighted by molar-refractivity contribution is -0.277. The van der Waals surface area contributed by atoms with Gasteiger partial charge < -0.3 is 39.7 Å². The molecule has 0 aromatic heterocycles. The molecule has 0 aliphatic carbocycles. The fourth-order valence-corrected chi connectivity index (χ4v) is 2.51. The van der Waals surface area contributed by atoms with Crippen LogP contribution in [-0.2, 0) is 16.0 Å². The van der Waals surface area contributed by atoms with E-state index in [1.807, 2.05) is 0 Å². The van der Waals surface area contributed by atoms with Crippen molar-refractivity contribution in [1.82, 2.24) is 0 Å². The van der Waals surface area contributed by atoms with E-state index in [9.17, 15) is 25.2 Å². The highest BCUT2D eigenvalue weighted by Gasteiger charge is 2.44. The van der Waals surface area contributed by atoms with Crippen molar-refractivity contribution < 1.29 is 44.5 Å². The first-order valence-corrected chi connectivity index (χ1v) is 7.73. The van der Waals surface area contributed by atoms with E-state index in [2.05, 4.69) is 0 Å². The van der Waals surface area contributed by atoms with E-state index in [0.29, 0.717) is 11.3 Å². The molecule has 0 bridgehead atoms. The van der Waals surface area contributed by atoms with E-state index in [1.165, 1.54) is 7.11 Å². The Morgan fingerprint density at radius 2 is 1.88 bits per heavy atom. The number of aliphatic hydroxyl groups excluding tert-OH is 4. The molecule has 0 spiro atoms. The van der Waals surface area contributed by atoms with E-state index >= 15 is 0 Å². The van der Waals surface area contributed by atoms with Gasteiger partial charge in [0.1, 0.15) is 24.4 Å². The van der Waals surface area contributed by atoms with Crippen molar-refractivity contribution in [3.05, 3.63) is 23.8 Å². The minimum atomic E-state index is -1.56. The van der Waals surface area contributed by atoms with Crippen molar-refractivity contribution in [3.8, 4) is 11.5 Å². The SMILES string of the molecule is COc1ccc(CCC(=O)O)cc1O[C@H]1O[C@H](CO)[C@@H](O)[C@H](O)[C@H]1O. The highest BCUT2D eigenvalue weighted by molar-refractivity contribution is 5.67. The van der Waals surface area contributed by atoms with Crippen LogP contribution in [0.1, 0.15) is 12.0 Å². The lowest BCUT2D eigenvalue weighted by atomic mass is 9.99. The van der Waals surface area contributed by atoms with Crippen LogP contribution in [-0.4, -0.2) is 75.9 Å². The molecule has 5 N–H and O–H groups in total. The fourth-order valence-electron chi connectivity index (χ4n) is 2.51. The average Bonchev–Trinajstić information content (AvgIpc) is 2.60. The van der Waals surface area contributed by atoms with Gasteiger partial charge in [0.2, 0.25) is 6.29 Å². The third-order valence-corrected chi connectivity index (χ3v) is 3.95. The molecular formula is C16H22O9. The monoisotopic (exact) mass is 358 g/mol. The molecular weight excluding hydrogens is 336 g/mol. The van der Waals surface area contributed by atoms with Crippen LogP contribution in [0.4, 0.5) is 0 Å². The summed E-state index contributed by atoms with van der Waals surface area (Å²) in [7, 11) is 1.41. The average molecular weight is 358 g/mol. The van der Waals surface area contributed by atoms with Crippen LogP contribution < -0.4 is 9.47 Å². The van der Waals surface area contributed by atoms with Gasteiger partial charge >= 0.3 is 5.97 Å². The highest BCUT2D eigenvalue weighted by Crippen LogP contribution is 2.32. The third-order valence-electron chi connectivity index (χ3n) is 3.95. The minimum absolute atomic E-state index is 0.0637. The van der Waals surface area contributed by atoms with E-state index in [0.717, 1.165) is 0 Å². The van der Waals surface area contributed by atoms with Crippen LogP contribution in [0.25, 0.3) is 0 Å². The van der Waals surface area contributed by atoms with Crippen LogP contribution in [0.15, 0.2) is 18.2 Å². The molecule has 5 atom stereocenters. The van der Waals surface area contributed by atoms with E-state index in [1.54, 1.807) is 18.2 Å². The van der Waals surface area contributed by atoms with Gasteiger partial charge in [0.15, 0.2) is 11.5 Å². The third kappa shape index (κ3) is 4.59. The molecule has 2 rings (SSSR count). The molecule has 1 aromatic carbocycles. The van der Waals surface area contributed by atoms with Crippen molar-refractivity contribution in [2.24, 2.45) is 0 Å². The number of rotatable bonds is 7. The molecule has 0 radical (unpaired) electrons. The van der Waals surface area contributed by atoms with Gasteiger partial charge in [-0.2, -0.15) is 0 Å². The molecule has 1 aromatic rings. The van der Waals surface area contributed by atoms with Crippen molar-refractivity contribution >= 4 is 5.97 Å². The second kappa shape index (κ2) is 8.45. The first-order chi connectivity index (χ1) is 11.9. The van der Waals surface area contributed by atoms with Crippen LogP contribution in [0.3, 0.4) is 0 Å². The lowest BCUT2D eigenvalue weighted by Crippen LogP contribution is -2.60. The molecule has 1 saturated heterocycles. The van der Waals surface area contributed by atoms with Crippen LogP contribution >= 0.6 is 0 Å². The van der Waals surface area contributed by atoms with Gasteiger partial charge in [-0.3, -0.25) is 4.79 Å². The Morgan fingerprint density at radius 1 is 1.16 bits per heavy atom. The Hall–Kier alpha value is -1.91. The Balaban J connectivity index is 2.19. The molecule has 25 heavy (non-hydrogen) atoms. The summed E-state index contributed by atoms with van der Waals surface area (Å²) >= 11 is 0. The molecule has 9 heteroatoms. The van der Waals surface area contributed by atoms with Gasteiger partial charge in [0, 0.05) is 6.42 Å². The molecule has 9 nitrogen and oxygen atoms in total. The Bertz CT molecular complexity index is 589. The van der Waals surface area contributed by atoms with Crippen molar-refractivity contribution in [3.63, 3.8) is 0 Å². The summed E-state index contributed by atoms with van der Waals surface area (Å²) in [6, 6.07) is 4.81. The van der Waals surface area contributed by atoms with Crippen molar-refractivity contribution in [2.75, 3.05) is 13.7 Å². The molecule has 1 fully saturated rings. The van der Waals surface area contributed by atoms with E-state index in [4.69, 9.17) is 19.3 Å². The lowest BCUT2D eigenvalue weighted by Gasteiger charge is -2.39. The first-order valence-electron chi connectivity index (χ1n) is 7.73. The highest BCUT2D eigenvalue weighted by atomic mass is 16.7. The van der Waals surface area contributed by atoms with E-state index in [-0.39, 0.29) is 18.6 Å². The summed E-state index contributed by atoms with van der Waals surface area (Å²) in [6.07, 6.45) is -6.83. The number of carboxylic acids is 1. The van der Waals surface area contributed by atoms with Gasteiger partial charge in [0.05, 0.1) is 13.7 Å². The molecule has 0 saturated carbocycles. The number of aryl methyl sites for hydroxylation is 1. The maximum atomic E-state index is 10.7. The van der Waals surface area contributed by atoms with Crippen molar-refractivity contribution in [1.29, 1.82) is 0 Å². The number of hydrogen-bond donors (Lipinski definition) is 5. The second-order valence-electron chi connectivity index (χ2n) is 5.69. The van der Waals surface area contributed by atoms with Crippen LogP contribution in [0, 0.1) is 0 Å². The topological polar surface area (TPSA) is 146 Å². The van der Waals surface area contributed by atoms with Gasteiger partial charge in [-0.1, -0.05) is 6.07 Å². The number of aliphatic hydroxyl groups is 4. The standard InChI is InChI=1S/C16H22O9/c1-23-9-4-2-8(3-5-12(18)19)6-10(9)24-16-15(22)14(21)13(20)11(7-17)25-16/h2,4,6,11,13-17,20-22H,3,5,7H2,1H3,(H,18,19)/t11-,13-,14+,15-,16+/m1/s1. The number of hydrogen-bond acceptors (Lipinski definition) is 8. The predicted octanol–water partition coefficient (Wildman–Crippen LogP) is -1.11. The van der Waals surface area contributed by atoms with E-state index < -0.39 is 43.3 Å². The fraction of sp³-hybridized carbons (Fsp3) is 0.562. The summed E-state index contributed by atoms with van der Waals surface area (Å²) in [6.45, 7) is -0.569. The molecule has 1 aliphatic rings. The molecule has 0 unspecified atom stereocenters. The number of carbonyl (C=O) groups is 1. The summed E-state index contributed by atoms with van der Waals surface area (Å²) in [5.41, 5.74) is 0.669. The Kier molecular flexibility index (Phi) is 6.57. The zero-order valence-corrected chi connectivity index (χ0v) is 13.6. The quantitative estimate of drug-likeness (QED) is 0.409. The second-order valence-corrected chi connectivity index (χ2v) is 5.69. The summed E-state index contributed by atoms with van der Waals surface area (Å²) < 4.78 is 16.0. The minimum Gasteiger partial charge on any atom is -0.493 e. The molecule has 1 aliphatic heterocycles. The Morgan fingerprint density at radius 3 is 2.48 bits per heavy atom. The number of methoxy groups -OCH3 is 1. The summed E-state index contributed by atoms with van der Waals surface area (Å²) in [4.78, 5) is 10.7. The molecule has 0 amide bonds. The first kappa shape index (κ1) is 19.4. The number of benzene rings is 1. The van der Waals surface area contributed by atoms with Gasteiger partial charge in [-0.25, -0.2) is 0 Å². The van der Waals surface area contributed by atoms with Crippen LogP contribution in [0.2, 0.25) is 0 Å². The number of carboxylic acid groups (broad SMARTS) is 1. The van der Waals surface area contributed by atoms with Gasteiger partial charge in [0.25, 0.3) is 0 Å². The maximum Gasteiger partial charge on any atom is 0.303 e. The molecule has 140 valence electrons. The largest absolute Gasteiger partial charge is 0.493 e. The number of aliphatic carboxylic acids is 1. The Labute approximate surface area is 144 Å². The summed E-state index contributed by atoms with van der Waals surface area (Å²) in [5.74, 6) is -0.446. The molecule has 1 heterocycles.